The van der Waals surface area contributed by atoms with Gasteiger partial charge in [0.25, 0.3) is 5.91 Å². The molecule has 2 aliphatic rings. The van der Waals surface area contributed by atoms with E-state index in [4.69, 9.17) is 9.84 Å². The summed E-state index contributed by atoms with van der Waals surface area (Å²) < 4.78 is 45.8. The molecule has 1 aromatic carbocycles. The molecule has 180 valence electrons. The lowest BCUT2D eigenvalue weighted by Crippen LogP contribution is -2.50. The molecule has 1 amide bonds. The number of hydrazine groups is 1. The summed E-state index contributed by atoms with van der Waals surface area (Å²) >= 11 is 0. The van der Waals surface area contributed by atoms with Crippen molar-refractivity contribution in [2.75, 3.05) is 18.5 Å². The summed E-state index contributed by atoms with van der Waals surface area (Å²) in [6.45, 7) is -0.599. The Bertz CT molecular complexity index is 1110. The minimum atomic E-state index is -4.52. The molecule has 0 saturated heterocycles. The van der Waals surface area contributed by atoms with Gasteiger partial charge in [-0.25, -0.2) is 10.4 Å². The van der Waals surface area contributed by atoms with Gasteiger partial charge in [0.1, 0.15) is 36.1 Å². The van der Waals surface area contributed by atoms with E-state index in [0.717, 1.165) is 6.07 Å². The number of carbonyl (C=O) groups excluding carboxylic acids is 1. The lowest BCUT2D eigenvalue weighted by molar-refractivity contribution is -0.138. The number of nitrogens with one attached hydrogen (secondary N) is 3. The number of anilines is 1. The smallest absolute Gasteiger partial charge is 0.416 e. The van der Waals surface area contributed by atoms with Gasteiger partial charge in [-0.05, 0) is 23.8 Å². The second-order valence-electron chi connectivity index (χ2n) is 7.57. The zero-order valence-corrected chi connectivity index (χ0v) is 17.7. The van der Waals surface area contributed by atoms with E-state index in [-0.39, 0.29) is 23.7 Å². The third-order valence-electron chi connectivity index (χ3n) is 5.15. The van der Waals surface area contributed by atoms with Crippen molar-refractivity contribution in [2.45, 2.75) is 24.5 Å². The zero-order chi connectivity index (χ0) is 24.3. The average molecular weight is 477 g/mol. The van der Waals surface area contributed by atoms with Crippen LogP contribution in [0.1, 0.15) is 17.2 Å². The van der Waals surface area contributed by atoms with Gasteiger partial charge in [-0.1, -0.05) is 24.3 Å². The summed E-state index contributed by atoms with van der Waals surface area (Å²) in [5.74, 6) is -0.0744. The number of pyridine rings is 1. The summed E-state index contributed by atoms with van der Waals surface area (Å²) in [6, 6.07) is 7.41. The van der Waals surface area contributed by atoms with Crippen LogP contribution in [-0.2, 0) is 11.0 Å². The largest absolute Gasteiger partial charge is 0.491 e. The van der Waals surface area contributed by atoms with Crippen LogP contribution in [0.2, 0.25) is 0 Å². The van der Waals surface area contributed by atoms with Crippen LogP contribution in [0.25, 0.3) is 0 Å². The van der Waals surface area contributed by atoms with Gasteiger partial charge in [0, 0.05) is 18.5 Å². The molecule has 9 nitrogen and oxygen atoms in total. The molecule has 0 radical (unpaired) electrons. The van der Waals surface area contributed by atoms with Crippen molar-refractivity contribution in [3.63, 3.8) is 0 Å². The van der Waals surface area contributed by atoms with E-state index in [1.54, 1.807) is 12.2 Å². The summed E-state index contributed by atoms with van der Waals surface area (Å²) in [5.41, 5.74) is 2.39. The second-order valence-corrected chi connectivity index (χ2v) is 7.57. The van der Waals surface area contributed by atoms with Crippen LogP contribution >= 0.6 is 0 Å². The maximum absolute atomic E-state index is 13.5. The van der Waals surface area contributed by atoms with E-state index in [2.05, 4.69) is 21.0 Å². The fraction of sp³-hybridized carbons (Fsp3) is 0.273. The summed E-state index contributed by atoms with van der Waals surface area (Å²) in [5, 5.41) is 25.3. The van der Waals surface area contributed by atoms with Crippen molar-refractivity contribution in [1.82, 2.24) is 20.7 Å². The Balaban J connectivity index is 1.46. The highest BCUT2D eigenvalue weighted by Gasteiger charge is 2.38. The monoisotopic (exact) mass is 477 g/mol. The van der Waals surface area contributed by atoms with E-state index in [0.29, 0.717) is 5.75 Å². The quantitative estimate of drug-likeness (QED) is 0.382. The van der Waals surface area contributed by atoms with E-state index in [1.807, 2.05) is 0 Å². The number of aliphatic hydroxyl groups excluding tert-OH is 2. The van der Waals surface area contributed by atoms with Gasteiger partial charge in [0.15, 0.2) is 0 Å². The molecule has 3 atom stereocenters. The van der Waals surface area contributed by atoms with Crippen LogP contribution in [0.15, 0.2) is 66.6 Å². The number of benzene rings is 1. The van der Waals surface area contributed by atoms with E-state index < -0.39 is 42.6 Å². The van der Waals surface area contributed by atoms with Crippen molar-refractivity contribution in [3.8, 4) is 5.75 Å². The molecule has 0 saturated carbocycles. The maximum atomic E-state index is 13.5. The molecule has 5 N–H and O–H groups in total. The third-order valence-corrected chi connectivity index (χ3v) is 5.15. The average Bonchev–Trinajstić information content (AvgIpc) is 3.25. The van der Waals surface area contributed by atoms with Gasteiger partial charge < -0.3 is 25.6 Å². The molecular formula is C22H22F3N5O4. The van der Waals surface area contributed by atoms with Crippen LogP contribution in [0.5, 0.6) is 5.75 Å². The molecule has 2 aromatic rings. The number of nitrogens with zero attached hydrogens (tertiary/aromatic N) is 2. The number of hydrogen-bond acceptors (Lipinski definition) is 8. The Hall–Kier alpha value is -3.61. The van der Waals surface area contributed by atoms with Gasteiger partial charge in [-0.3, -0.25) is 9.80 Å². The number of aromatic nitrogens is 1. The fourth-order valence-corrected chi connectivity index (χ4v) is 3.53. The number of ether oxygens (including phenoxy) is 1. The van der Waals surface area contributed by atoms with Crippen LogP contribution in [0.3, 0.4) is 0 Å². The molecule has 12 heteroatoms. The number of amides is 1. The van der Waals surface area contributed by atoms with Gasteiger partial charge in [0.2, 0.25) is 0 Å². The molecule has 4 rings (SSSR count). The Morgan fingerprint density at radius 1 is 1.26 bits per heavy atom. The molecule has 2 aliphatic heterocycles. The van der Waals surface area contributed by atoms with E-state index >= 15 is 0 Å². The summed E-state index contributed by atoms with van der Waals surface area (Å²) in [7, 11) is 0. The Kier molecular flexibility index (Phi) is 6.72. The number of hydrogen-bond donors (Lipinski definition) is 5. The first kappa shape index (κ1) is 23.5. The molecular weight excluding hydrogens is 455 g/mol. The van der Waals surface area contributed by atoms with Gasteiger partial charge in [-0.15, -0.1) is 0 Å². The normalized spacial score (nSPS) is 20.3. The number of aliphatic hydroxyl groups is 2. The van der Waals surface area contributed by atoms with Crippen molar-refractivity contribution in [1.29, 1.82) is 0 Å². The standard InChI is InChI=1S/C22H22F3N5O4/c23-22(24,25)16-4-2-1-3-15(16)17-5-6-20-27-10-18(30(20)29-17)21(33)28-19-9-14(7-8-26-19)34-12-13(32)11-31/h1-10,13,17,20,27,29,31-32H,11-12H2,(H,26,28,33). The summed E-state index contributed by atoms with van der Waals surface area (Å²) in [4.78, 5) is 17.0. The van der Waals surface area contributed by atoms with Gasteiger partial charge in [0.05, 0.1) is 18.2 Å². The molecule has 3 heterocycles. The first-order valence-electron chi connectivity index (χ1n) is 10.3. The highest BCUT2D eigenvalue weighted by Crippen LogP contribution is 2.36. The number of rotatable bonds is 7. The molecule has 1 aromatic heterocycles. The SMILES string of the molecule is O=C(Nc1cc(OCC(O)CO)ccn1)C1=CNC2C=CC(c3ccccc3C(F)(F)F)NN12. The predicted molar refractivity (Wildman–Crippen MR) is 115 cm³/mol. The fourth-order valence-electron chi connectivity index (χ4n) is 3.53. The van der Waals surface area contributed by atoms with Crippen LogP contribution in [0, 0.1) is 0 Å². The highest BCUT2D eigenvalue weighted by atomic mass is 19.4. The molecule has 0 aliphatic carbocycles. The number of carbonyl (C=O) groups is 1. The lowest BCUT2D eigenvalue weighted by Gasteiger charge is -2.35. The van der Waals surface area contributed by atoms with E-state index in [9.17, 15) is 23.1 Å². The van der Waals surface area contributed by atoms with Gasteiger partial charge in [-0.2, -0.15) is 13.2 Å². The minimum Gasteiger partial charge on any atom is -0.491 e. The van der Waals surface area contributed by atoms with Crippen LogP contribution in [0.4, 0.5) is 19.0 Å². The second kappa shape index (κ2) is 9.71. The Labute approximate surface area is 192 Å². The zero-order valence-electron chi connectivity index (χ0n) is 17.7. The molecule has 0 spiro atoms. The van der Waals surface area contributed by atoms with Crippen LogP contribution < -0.4 is 20.8 Å². The van der Waals surface area contributed by atoms with Crippen molar-refractivity contribution in [3.05, 3.63) is 77.8 Å². The van der Waals surface area contributed by atoms with Crippen molar-refractivity contribution >= 4 is 11.7 Å². The molecule has 0 fully saturated rings. The lowest BCUT2D eigenvalue weighted by atomic mass is 9.99. The first-order valence-corrected chi connectivity index (χ1v) is 10.3. The van der Waals surface area contributed by atoms with E-state index in [1.165, 1.54) is 47.7 Å². The summed E-state index contributed by atoms with van der Waals surface area (Å²) in [6.07, 6.45) is 0.0959. The third kappa shape index (κ3) is 5.14. The molecule has 3 unspecified atom stereocenters. The topological polar surface area (TPSA) is 119 Å². The van der Waals surface area contributed by atoms with Gasteiger partial charge >= 0.3 is 6.18 Å². The maximum Gasteiger partial charge on any atom is 0.416 e. The highest BCUT2D eigenvalue weighted by molar-refractivity contribution is 6.03. The molecule has 34 heavy (non-hydrogen) atoms. The Morgan fingerprint density at radius 2 is 2.06 bits per heavy atom. The molecule has 0 bridgehead atoms. The number of fused-ring (bicyclic) bond motifs is 1. The number of halogens is 3. The minimum absolute atomic E-state index is 0.0351. The van der Waals surface area contributed by atoms with Crippen LogP contribution in [-0.4, -0.2) is 51.6 Å². The number of alkyl halides is 3. The van der Waals surface area contributed by atoms with Crippen molar-refractivity contribution in [2.24, 2.45) is 0 Å². The van der Waals surface area contributed by atoms with Crippen molar-refractivity contribution < 1.29 is 32.9 Å². The predicted octanol–water partition coefficient (Wildman–Crippen LogP) is 1.66. The first-order chi connectivity index (χ1) is 16.3. The Morgan fingerprint density at radius 3 is 2.82 bits per heavy atom.